The normalized spacial score (nSPS) is 20.0. The van der Waals surface area contributed by atoms with Crippen molar-refractivity contribution in [3.05, 3.63) is 34.6 Å². The minimum Gasteiger partial charge on any atom is -0.378 e. The predicted molar refractivity (Wildman–Crippen MR) is 64.5 cm³/mol. The van der Waals surface area contributed by atoms with Crippen LogP contribution in [-0.2, 0) is 4.74 Å². The molecule has 21 heavy (non-hydrogen) atoms. The van der Waals surface area contributed by atoms with E-state index in [1.807, 2.05) is 0 Å². The van der Waals surface area contributed by atoms with Gasteiger partial charge in [0.05, 0.1) is 12.1 Å². The third kappa shape index (κ3) is 3.17. The molecular formula is C13H15F5N2O. The molecule has 2 atom stereocenters. The molecule has 1 saturated heterocycles. The maximum absolute atomic E-state index is 13.7. The van der Waals surface area contributed by atoms with Gasteiger partial charge in [-0.1, -0.05) is 0 Å². The van der Waals surface area contributed by atoms with E-state index in [1.165, 1.54) is 0 Å². The topological polar surface area (TPSA) is 47.3 Å². The van der Waals surface area contributed by atoms with Gasteiger partial charge < -0.3 is 4.74 Å². The maximum atomic E-state index is 13.7. The van der Waals surface area contributed by atoms with Crippen LogP contribution in [0.1, 0.15) is 37.3 Å². The Morgan fingerprint density at radius 1 is 1.05 bits per heavy atom. The number of benzene rings is 1. The van der Waals surface area contributed by atoms with E-state index in [0.29, 0.717) is 13.0 Å². The second-order valence-corrected chi connectivity index (χ2v) is 4.92. The fourth-order valence-corrected chi connectivity index (χ4v) is 2.46. The van der Waals surface area contributed by atoms with Crippen LogP contribution in [0.25, 0.3) is 0 Å². The van der Waals surface area contributed by atoms with Crippen molar-refractivity contribution in [2.45, 2.75) is 37.8 Å². The summed E-state index contributed by atoms with van der Waals surface area (Å²) in [6.45, 7) is 0.605. The Balaban J connectivity index is 2.24. The highest BCUT2D eigenvalue weighted by atomic mass is 19.2. The molecule has 1 aliphatic heterocycles. The second kappa shape index (κ2) is 6.67. The van der Waals surface area contributed by atoms with E-state index in [4.69, 9.17) is 10.6 Å². The van der Waals surface area contributed by atoms with Gasteiger partial charge in [0.2, 0.25) is 5.82 Å². The highest BCUT2D eigenvalue weighted by Crippen LogP contribution is 2.31. The van der Waals surface area contributed by atoms with Crippen molar-refractivity contribution >= 4 is 0 Å². The van der Waals surface area contributed by atoms with Crippen LogP contribution >= 0.6 is 0 Å². The molecule has 1 aromatic rings. The summed E-state index contributed by atoms with van der Waals surface area (Å²) in [5, 5.41) is 0. The summed E-state index contributed by atoms with van der Waals surface area (Å²) < 4.78 is 72.1. The highest BCUT2D eigenvalue weighted by molar-refractivity contribution is 5.27. The van der Waals surface area contributed by atoms with Crippen molar-refractivity contribution in [1.29, 1.82) is 0 Å². The maximum Gasteiger partial charge on any atom is 0.200 e. The lowest BCUT2D eigenvalue weighted by atomic mass is 9.98. The molecule has 1 aliphatic rings. The van der Waals surface area contributed by atoms with Crippen LogP contribution < -0.4 is 11.3 Å². The molecule has 0 amide bonds. The van der Waals surface area contributed by atoms with Gasteiger partial charge in [0.25, 0.3) is 0 Å². The van der Waals surface area contributed by atoms with E-state index in [9.17, 15) is 22.0 Å². The highest BCUT2D eigenvalue weighted by Gasteiger charge is 2.30. The fraction of sp³-hybridized carbons (Fsp3) is 0.538. The van der Waals surface area contributed by atoms with Crippen molar-refractivity contribution < 1.29 is 26.7 Å². The summed E-state index contributed by atoms with van der Waals surface area (Å²) in [6, 6.07) is -1.18. The van der Waals surface area contributed by atoms with Crippen molar-refractivity contribution in [2.75, 3.05) is 6.61 Å². The van der Waals surface area contributed by atoms with E-state index in [0.717, 1.165) is 12.8 Å². The zero-order chi connectivity index (χ0) is 15.6. The molecule has 0 radical (unpaired) electrons. The Kier molecular flexibility index (Phi) is 5.13. The van der Waals surface area contributed by atoms with Crippen LogP contribution in [0.5, 0.6) is 0 Å². The quantitative estimate of drug-likeness (QED) is 0.289. The average molecular weight is 310 g/mol. The van der Waals surface area contributed by atoms with Gasteiger partial charge >= 0.3 is 0 Å². The molecule has 0 spiro atoms. The molecule has 0 aliphatic carbocycles. The van der Waals surface area contributed by atoms with Crippen molar-refractivity contribution in [3.8, 4) is 0 Å². The van der Waals surface area contributed by atoms with Crippen LogP contribution in [0.3, 0.4) is 0 Å². The van der Waals surface area contributed by atoms with Gasteiger partial charge in [-0.3, -0.25) is 11.3 Å². The van der Waals surface area contributed by atoms with Crippen LogP contribution in [0.4, 0.5) is 22.0 Å². The van der Waals surface area contributed by atoms with Crippen LogP contribution in [0.15, 0.2) is 0 Å². The molecule has 8 heteroatoms. The van der Waals surface area contributed by atoms with Crippen molar-refractivity contribution in [2.24, 2.45) is 5.84 Å². The first kappa shape index (κ1) is 16.1. The zero-order valence-electron chi connectivity index (χ0n) is 11.1. The molecule has 3 N–H and O–H groups in total. The SMILES string of the molecule is NNC(CCC1CCCO1)c1c(F)c(F)c(F)c(F)c1F. The first-order chi connectivity index (χ1) is 9.97. The minimum atomic E-state index is -2.18. The lowest BCUT2D eigenvalue weighted by Gasteiger charge is -2.20. The van der Waals surface area contributed by atoms with Crippen molar-refractivity contribution in [1.82, 2.24) is 5.43 Å². The van der Waals surface area contributed by atoms with Gasteiger partial charge in [-0.25, -0.2) is 22.0 Å². The van der Waals surface area contributed by atoms with Crippen molar-refractivity contribution in [3.63, 3.8) is 0 Å². The summed E-state index contributed by atoms with van der Waals surface area (Å²) in [5.74, 6) is -4.64. The molecular weight excluding hydrogens is 295 g/mol. The number of halogens is 5. The molecule has 3 nitrogen and oxygen atoms in total. The standard InChI is InChI=1S/C13H15F5N2O/c14-9-8(10(15)12(17)13(18)11(9)16)7(20-19)4-3-6-2-1-5-21-6/h6-7,20H,1-5,19H2. The van der Waals surface area contributed by atoms with Crippen LogP contribution in [0.2, 0.25) is 0 Å². The summed E-state index contributed by atoms with van der Waals surface area (Å²) in [4.78, 5) is 0. The lowest BCUT2D eigenvalue weighted by Crippen LogP contribution is -2.31. The predicted octanol–water partition coefficient (Wildman–Crippen LogP) is 2.85. The number of ether oxygens (including phenoxy) is 1. The fourth-order valence-electron chi connectivity index (χ4n) is 2.46. The number of nitrogens with two attached hydrogens (primary N) is 1. The number of hydrogen-bond acceptors (Lipinski definition) is 3. The van der Waals surface area contributed by atoms with Gasteiger partial charge in [0, 0.05) is 12.2 Å². The van der Waals surface area contributed by atoms with E-state index in [2.05, 4.69) is 5.43 Å². The Morgan fingerprint density at radius 2 is 1.62 bits per heavy atom. The summed E-state index contributed by atoms with van der Waals surface area (Å²) >= 11 is 0. The third-order valence-corrected chi connectivity index (χ3v) is 3.59. The molecule has 1 fully saturated rings. The third-order valence-electron chi connectivity index (χ3n) is 3.59. The average Bonchev–Trinajstić information content (AvgIpc) is 3.00. The molecule has 118 valence electrons. The van der Waals surface area contributed by atoms with Crippen LogP contribution in [0, 0.1) is 29.1 Å². The number of hydrazine groups is 1. The first-order valence-electron chi connectivity index (χ1n) is 6.56. The minimum absolute atomic E-state index is 0.0814. The largest absolute Gasteiger partial charge is 0.378 e. The van der Waals surface area contributed by atoms with Gasteiger partial charge in [0.15, 0.2) is 23.3 Å². The monoisotopic (exact) mass is 310 g/mol. The molecule has 0 aromatic heterocycles. The van der Waals surface area contributed by atoms with Gasteiger partial charge in [-0.15, -0.1) is 0 Å². The Morgan fingerprint density at radius 3 is 2.10 bits per heavy atom. The summed E-state index contributed by atoms with van der Waals surface area (Å²) in [5.41, 5.74) is 1.17. The number of rotatable bonds is 5. The van der Waals surface area contributed by atoms with E-state index in [-0.39, 0.29) is 12.5 Å². The molecule has 0 bridgehead atoms. The van der Waals surface area contributed by atoms with Gasteiger partial charge in [0.1, 0.15) is 0 Å². The smallest absolute Gasteiger partial charge is 0.200 e. The summed E-state index contributed by atoms with van der Waals surface area (Å²) in [7, 11) is 0. The molecule has 0 saturated carbocycles. The van der Waals surface area contributed by atoms with E-state index >= 15 is 0 Å². The Hall–Kier alpha value is -1.25. The Bertz CT molecular complexity index is 491. The van der Waals surface area contributed by atoms with Gasteiger partial charge in [-0.05, 0) is 25.7 Å². The number of nitrogens with one attached hydrogen (secondary N) is 1. The molecule has 2 unspecified atom stereocenters. The first-order valence-corrected chi connectivity index (χ1v) is 6.56. The zero-order valence-corrected chi connectivity index (χ0v) is 11.1. The van der Waals surface area contributed by atoms with E-state index in [1.54, 1.807) is 0 Å². The molecule has 2 rings (SSSR count). The Labute approximate surface area is 118 Å². The second-order valence-electron chi connectivity index (χ2n) is 4.92. The number of hydrogen-bond donors (Lipinski definition) is 2. The van der Waals surface area contributed by atoms with Crippen LogP contribution in [-0.4, -0.2) is 12.7 Å². The summed E-state index contributed by atoms with van der Waals surface area (Å²) in [6.07, 6.45) is 2.11. The van der Waals surface area contributed by atoms with E-state index < -0.39 is 40.7 Å². The van der Waals surface area contributed by atoms with Gasteiger partial charge in [-0.2, -0.15) is 0 Å². The molecule has 1 aromatic carbocycles. The lowest BCUT2D eigenvalue weighted by molar-refractivity contribution is 0.0992. The molecule has 1 heterocycles.